The number of likely N-dealkylation sites (tertiary alicyclic amines) is 1. The number of carbonyl (C=O) groups is 2. The average molecular weight is 410 g/mol. The highest BCUT2D eigenvalue weighted by Crippen LogP contribution is 2.21. The maximum Gasteiger partial charge on any atom is 0.268 e. The molecule has 29 heavy (non-hydrogen) atoms. The Kier molecular flexibility index (Phi) is 5.58. The van der Waals surface area contributed by atoms with Gasteiger partial charge in [-0.25, -0.2) is 0 Å². The zero-order valence-corrected chi connectivity index (χ0v) is 17.1. The molecule has 1 saturated heterocycles. The van der Waals surface area contributed by atoms with Crippen LogP contribution in [0.15, 0.2) is 48.5 Å². The van der Waals surface area contributed by atoms with Crippen molar-refractivity contribution in [2.75, 3.05) is 13.1 Å². The number of rotatable bonds is 4. The monoisotopic (exact) mass is 409 g/mol. The van der Waals surface area contributed by atoms with Crippen LogP contribution in [0.5, 0.6) is 0 Å². The van der Waals surface area contributed by atoms with Crippen molar-refractivity contribution in [1.29, 1.82) is 0 Å². The summed E-state index contributed by atoms with van der Waals surface area (Å²) in [5.74, 6) is -0.0945. The van der Waals surface area contributed by atoms with Crippen LogP contribution in [-0.2, 0) is 0 Å². The van der Waals surface area contributed by atoms with Crippen molar-refractivity contribution in [2.45, 2.75) is 32.2 Å². The van der Waals surface area contributed by atoms with E-state index in [9.17, 15) is 9.59 Å². The molecule has 5 nitrogen and oxygen atoms in total. The first-order valence-corrected chi connectivity index (χ1v) is 10.4. The first-order valence-electron chi connectivity index (χ1n) is 9.99. The summed E-state index contributed by atoms with van der Waals surface area (Å²) in [6.45, 7) is 3.60. The Morgan fingerprint density at radius 1 is 1.03 bits per heavy atom. The number of piperidine rings is 1. The van der Waals surface area contributed by atoms with E-state index in [1.807, 2.05) is 48.2 Å². The van der Waals surface area contributed by atoms with E-state index in [0.29, 0.717) is 16.3 Å². The van der Waals surface area contributed by atoms with Crippen LogP contribution < -0.4 is 5.32 Å². The van der Waals surface area contributed by atoms with Crippen molar-refractivity contribution in [3.63, 3.8) is 0 Å². The molecule has 1 aliphatic heterocycles. The van der Waals surface area contributed by atoms with Gasteiger partial charge in [-0.15, -0.1) is 0 Å². The first kappa shape index (κ1) is 19.5. The zero-order valence-electron chi connectivity index (χ0n) is 16.4. The summed E-state index contributed by atoms with van der Waals surface area (Å²) in [6, 6.07) is 14.6. The lowest BCUT2D eigenvalue weighted by Gasteiger charge is -2.26. The summed E-state index contributed by atoms with van der Waals surface area (Å²) in [7, 11) is 0. The number of nitrogens with zero attached hydrogens (tertiary/aromatic N) is 1. The molecule has 2 N–H and O–H groups in total. The number of aromatic nitrogens is 1. The highest BCUT2D eigenvalue weighted by Gasteiger charge is 2.19. The summed E-state index contributed by atoms with van der Waals surface area (Å²) in [4.78, 5) is 30.3. The topological polar surface area (TPSA) is 65.2 Å². The minimum Gasteiger partial charge on any atom is -0.351 e. The van der Waals surface area contributed by atoms with Gasteiger partial charge in [0.05, 0.1) is 6.04 Å². The molecule has 2 heterocycles. The van der Waals surface area contributed by atoms with Crippen molar-refractivity contribution in [1.82, 2.24) is 15.2 Å². The average Bonchev–Trinajstić information content (AvgIpc) is 3.17. The standard InChI is InChI=1S/C23H24ClN3O2/c1-15(25-22(28)21-14-18-13-19(24)9-10-20(18)26-21)16-5-7-17(8-6-16)23(29)27-11-3-2-4-12-27/h5-10,13-15,26H,2-4,11-12H2,1H3,(H,25,28). The Hall–Kier alpha value is -2.79. The Morgan fingerprint density at radius 2 is 1.76 bits per heavy atom. The number of halogens is 1. The molecule has 150 valence electrons. The molecular weight excluding hydrogens is 386 g/mol. The molecule has 2 aromatic carbocycles. The molecular formula is C23H24ClN3O2. The van der Waals surface area contributed by atoms with E-state index in [0.717, 1.165) is 42.4 Å². The van der Waals surface area contributed by atoms with Crippen LogP contribution >= 0.6 is 11.6 Å². The van der Waals surface area contributed by atoms with Crippen LogP contribution in [0.25, 0.3) is 10.9 Å². The van der Waals surface area contributed by atoms with Crippen LogP contribution in [-0.4, -0.2) is 34.8 Å². The van der Waals surface area contributed by atoms with Gasteiger partial charge in [-0.1, -0.05) is 23.7 Å². The first-order chi connectivity index (χ1) is 14.0. The predicted octanol–water partition coefficient (Wildman–Crippen LogP) is 4.94. The van der Waals surface area contributed by atoms with Crippen LogP contribution in [0.3, 0.4) is 0 Å². The number of aromatic amines is 1. The van der Waals surface area contributed by atoms with E-state index < -0.39 is 0 Å². The third kappa shape index (κ3) is 4.30. The summed E-state index contributed by atoms with van der Waals surface area (Å²) >= 11 is 6.01. The van der Waals surface area contributed by atoms with Gasteiger partial charge in [0.1, 0.15) is 5.69 Å². The number of hydrogen-bond acceptors (Lipinski definition) is 2. The Labute approximate surface area is 175 Å². The summed E-state index contributed by atoms with van der Waals surface area (Å²) in [5.41, 5.74) is 3.01. The second-order valence-electron chi connectivity index (χ2n) is 7.58. The molecule has 1 atom stereocenters. The molecule has 3 aromatic rings. The van der Waals surface area contributed by atoms with Crippen molar-refractivity contribution < 1.29 is 9.59 Å². The van der Waals surface area contributed by atoms with E-state index in [1.54, 1.807) is 12.1 Å². The Morgan fingerprint density at radius 3 is 2.48 bits per heavy atom. The number of nitrogens with one attached hydrogen (secondary N) is 2. The van der Waals surface area contributed by atoms with Crippen molar-refractivity contribution >= 4 is 34.3 Å². The largest absolute Gasteiger partial charge is 0.351 e. The summed E-state index contributed by atoms with van der Waals surface area (Å²) in [6.07, 6.45) is 3.35. The lowest BCUT2D eigenvalue weighted by Crippen LogP contribution is -2.35. The predicted molar refractivity (Wildman–Crippen MR) is 115 cm³/mol. The van der Waals surface area contributed by atoms with Gasteiger partial charge in [0.15, 0.2) is 0 Å². The molecule has 0 spiro atoms. The van der Waals surface area contributed by atoms with Crippen LogP contribution in [0.1, 0.15) is 58.6 Å². The van der Waals surface area contributed by atoms with Crippen LogP contribution in [0.4, 0.5) is 0 Å². The van der Waals surface area contributed by atoms with Gasteiger partial charge < -0.3 is 15.2 Å². The van der Waals surface area contributed by atoms with Gasteiger partial charge in [0, 0.05) is 34.6 Å². The summed E-state index contributed by atoms with van der Waals surface area (Å²) < 4.78 is 0. The normalized spacial score (nSPS) is 15.3. The smallest absolute Gasteiger partial charge is 0.268 e. The third-order valence-electron chi connectivity index (χ3n) is 5.48. The van der Waals surface area contributed by atoms with E-state index in [-0.39, 0.29) is 17.9 Å². The number of amides is 2. The molecule has 1 aromatic heterocycles. The minimum absolute atomic E-state index is 0.0877. The van der Waals surface area contributed by atoms with Gasteiger partial charge in [-0.05, 0) is 68.1 Å². The zero-order chi connectivity index (χ0) is 20.4. The highest BCUT2D eigenvalue weighted by atomic mass is 35.5. The molecule has 1 aliphatic rings. The van der Waals surface area contributed by atoms with Gasteiger partial charge in [0.2, 0.25) is 0 Å². The fraction of sp³-hybridized carbons (Fsp3) is 0.304. The van der Waals surface area contributed by atoms with E-state index in [2.05, 4.69) is 10.3 Å². The molecule has 0 radical (unpaired) electrons. The molecule has 0 saturated carbocycles. The van der Waals surface area contributed by atoms with Crippen molar-refractivity contribution in [3.05, 3.63) is 70.4 Å². The van der Waals surface area contributed by atoms with Gasteiger partial charge in [-0.3, -0.25) is 9.59 Å². The Bertz CT molecular complexity index is 1040. The SMILES string of the molecule is CC(NC(=O)c1cc2cc(Cl)ccc2[nH]1)c1ccc(C(=O)N2CCCCC2)cc1. The van der Waals surface area contributed by atoms with E-state index >= 15 is 0 Å². The molecule has 1 unspecified atom stereocenters. The van der Waals surface area contributed by atoms with Crippen molar-refractivity contribution in [3.8, 4) is 0 Å². The van der Waals surface area contributed by atoms with Crippen LogP contribution in [0, 0.1) is 0 Å². The molecule has 0 bridgehead atoms. The quantitative estimate of drug-likeness (QED) is 0.641. The fourth-order valence-corrected chi connectivity index (χ4v) is 3.96. The molecule has 1 fully saturated rings. The molecule has 0 aliphatic carbocycles. The second kappa shape index (κ2) is 8.29. The summed E-state index contributed by atoms with van der Waals surface area (Å²) in [5, 5.41) is 4.54. The number of carbonyl (C=O) groups excluding carboxylic acids is 2. The van der Waals surface area contributed by atoms with Gasteiger partial charge >= 0.3 is 0 Å². The van der Waals surface area contributed by atoms with Gasteiger partial charge in [-0.2, -0.15) is 0 Å². The van der Waals surface area contributed by atoms with Crippen molar-refractivity contribution in [2.24, 2.45) is 0 Å². The van der Waals surface area contributed by atoms with E-state index in [4.69, 9.17) is 11.6 Å². The second-order valence-corrected chi connectivity index (χ2v) is 8.02. The number of hydrogen-bond donors (Lipinski definition) is 2. The number of benzene rings is 2. The number of H-pyrrole nitrogens is 1. The van der Waals surface area contributed by atoms with Crippen LogP contribution in [0.2, 0.25) is 5.02 Å². The lowest BCUT2D eigenvalue weighted by molar-refractivity contribution is 0.0724. The Balaban J connectivity index is 1.42. The third-order valence-corrected chi connectivity index (χ3v) is 5.71. The molecule has 2 amide bonds. The fourth-order valence-electron chi connectivity index (χ4n) is 3.78. The van der Waals surface area contributed by atoms with Gasteiger partial charge in [0.25, 0.3) is 11.8 Å². The van der Waals surface area contributed by atoms with E-state index in [1.165, 1.54) is 6.42 Å². The lowest BCUT2D eigenvalue weighted by atomic mass is 10.0. The maximum atomic E-state index is 12.6. The number of fused-ring (bicyclic) bond motifs is 1. The maximum absolute atomic E-state index is 12.6. The molecule has 4 rings (SSSR count). The molecule has 6 heteroatoms. The highest BCUT2D eigenvalue weighted by molar-refractivity contribution is 6.31. The minimum atomic E-state index is -0.184.